The van der Waals surface area contributed by atoms with Crippen LogP contribution in [0.5, 0.6) is 5.75 Å². The van der Waals surface area contributed by atoms with Gasteiger partial charge in [0.25, 0.3) is 0 Å². The van der Waals surface area contributed by atoms with Crippen LogP contribution >= 0.6 is 11.6 Å². The molecule has 0 aliphatic heterocycles. The number of ether oxygens (including phenoxy) is 1. The van der Waals surface area contributed by atoms with E-state index in [-0.39, 0.29) is 0 Å². The molecule has 2 amide bonds. The molecule has 4 aromatic rings. The van der Waals surface area contributed by atoms with Crippen LogP contribution in [-0.2, 0) is 19.9 Å². The molecular weight excluding hydrogens is 504 g/mol. The zero-order chi connectivity index (χ0) is 27.4. The van der Waals surface area contributed by atoms with E-state index in [1.165, 1.54) is 6.20 Å². The Hall–Kier alpha value is -4.37. The molecule has 0 saturated heterocycles. The number of anilines is 3. The van der Waals surface area contributed by atoms with Crippen molar-refractivity contribution in [2.45, 2.75) is 33.6 Å². The van der Waals surface area contributed by atoms with Crippen molar-refractivity contribution in [1.82, 2.24) is 14.5 Å². The molecule has 0 spiro atoms. The van der Waals surface area contributed by atoms with E-state index < -0.39 is 12.0 Å². The van der Waals surface area contributed by atoms with E-state index in [1.807, 2.05) is 39.0 Å². The van der Waals surface area contributed by atoms with Crippen LogP contribution in [0.3, 0.4) is 0 Å². The average molecular weight is 533 g/mol. The summed E-state index contributed by atoms with van der Waals surface area (Å²) in [6.07, 6.45) is 4.17. The molecule has 0 atom stereocenters. The van der Waals surface area contributed by atoms with E-state index in [4.69, 9.17) is 22.1 Å². The lowest BCUT2D eigenvalue weighted by molar-refractivity contribution is 0.1000. The molecule has 0 saturated carbocycles. The van der Waals surface area contributed by atoms with Gasteiger partial charge in [0, 0.05) is 30.6 Å². The first-order chi connectivity index (χ1) is 18.2. The number of carbonyl (C=O) groups is 2. The summed E-state index contributed by atoms with van der Waals surface area (Å²) in [5, 5.41) is 6.38. The molecule has 10 heteroatoms. The maximum Gasteiger partial charge on any atom is 0.417 e. The lowest BCUT2D eigenvalue weighted by atomic mass is 10.0. The van der Waals surface area contributed by atoms with E-state index in [9.17, 15) is 9.59 Å². The fraction of sp³-hybridized carbons (Fsp3) is 0.214. The Morgan fingerprint density at radius 2 is 1.82 bits per heavy atom. The van der Waals surface area contributed by atoms with Crippen molar-refractivity contribution in [1.29, 1.82) is 0 Å². The summed E-state index contributed by atoms with van der Waals surface area (Å²) in [5.74, 6) is 0.151. The maximum atomic E-state index is 12.8. The second kappa shape index (κ2) is 11.4. The number of nitrogens with one attached hydrogen (secondary N) is 2. The van der Waals surface area contributed by atoms with Crippen molar-refractivity contribution in [2.75, 3.05) is 10.6 Å². The molecule has 196 valence electrons. The van der Waals surface area contributed by atoms with Gasteiger partial charge in [-0.25, -0.2) is 14.8 Å². The van der Waals surface area contributed by atoms with Gasteiger partial charge in [0.05, 0.1) is 22.6 Å². The predicted molar refractivity (Wildman–Crippen MR) is 149 cm³/mol. The normalized spacial score (nSPS) is 10.8. The predicted octanol–water partition coefficient (Wildman–Crippen LogP) is 6.02. The van der Waals surface area contributed by atoms with Crippen LogP contribution in [0.1, 0.15) is 40.9 Å². The van der Waals surface area contributed by atoms with Gasteiger partial charge in [-0.3, -0.25) is 10.1 Å². The molecule has 0 radical (unpaired) electrons. The minimum Gasteiger partial charge on any atom is -0.408 e. The zero-order valence-electron chi connectivity index (χ0n) is 21.6. The second-order valence-electron chi connectivity index (χ2n) is 8.75. The highest BCUT2D eigenvalue weighted by Crippen LogP contribution is 2.31. The molecule has 0 fully saturated rings. The minimum absolute atomic E-state index is 0.309. The van der Waals surface area contributed by atoms with Gasteiger partial charge in [0.1, 0.15) is 5.69 Å². The lowest BCUT2D eigenvalue weighted by Gasteiger charge is -2.13. The Morgan fingerprint density at radius 1 is 1.11 bits per heavy atom. The highest BCUT2D eigenvalue weighted by molar-refractivity contribution is 6.32. The Labute approximate surface area is 226 Å². The monoisotopic (exact) mass is 532 g/mol. The molecule has 0 bridgehead atoms. The van der Waals surface area contributed by atoms with Gasteiger partial charge in [-0.2, -0.15) is 0 Å². The number of amides is 2. The summed E-state index contributed by atoms with van der Waals surface area (Å²) in [6, 6.07) is 12.7. The smallest absolute Gasteiger partial charge is 0.408 e. The first-order valence-electron chi connectivity index (χ1n) is 12.2. The first-order valence-corrected chi connectivity index (χ1v) is 12.5. The van der Waals surface area contributed by atoms with E-state index in [0.717, 1.165) is 40.9 Å². The highest BCUT2D eigenvalue weighted by Gasteiger charge is 2.17. The van der Waals surface area contributed by atoms with Gasteiger partial charge >= 0.3 is 6.09 Å². The molecule has 38 heavy (non-hydrogen) atoms. The van der Waals surface area contributed by atoms with Gasteiger partial charge in [-0.05, 0) is 54.7 Å². The number of hydrogen-bond donors (Lipinski definition) is 3. The lowest BCUT2D eigenvalue weighted by Crippen LogP contribution is -2.18. The second-order valence-corrected chi connectivity index (χ2v) is 9.16. The highest BCUT2D eigenvalue weighted by atomic mass is 35.5. The maximum absolute atomic E-state index is 12.8. The quantitative estimate of drug-likeness (QED) is 0.255. The first kappa shape index (κ1) is 26.7. The van der Waals surface area contributed by atoms with Crippen molar-refractivity contribution in [3.05, 3.63) is 82.1 Å². The number of nitrogens with two attached hydrogens (primary N) is 1. The number of benzene rings is 2. The van der Waals surface area contributed by atoms with Crippen molar-refractivity contribution >= 4 is 40.9 Å². The van der Waals surface area contributed by atoms with Crippen LogP contribution in [0, 0.1) is 6.92 Å². The number of carbonyl (C=O) groups excluding carboxylic acids is 2. The van der Waals surface area contributed by atoms with Crippen molar-refractivity contribution < 1.29 is 14.3 Å². The molecule has 2 aromatic carbocycles. The number of aromatic nitrogens is 3. The summed E-state index contributed by atoms with van der Waals surface area (Å²) in [4.78, 5) is 33.1. The number of rotatable bonds is 8. The molecule has 4 N–H and O–H groups in total. The fourth-order valence-corrected chi connectivity index (χ4v) is 4.34. The Bertz CT molecular complexity index is 1490. The van der Waals surface area contributed by atoms with Crippen molar-refractivity contribution in [3.63, 3.8) is 0 Å². The van der Waals surface area contributed by atoms with Crippen LogP contribution in [0.25, 0.3) is 11.4 Å². The molecule has 0 aliphatic rings. The molecule has 4 rings (SSSR count). The summed E-state index contributed by atoms with van der Waals surface area (Å²) in [6.45, 7) is 5.93. The number of primary amides is 1. The third-order valence-electron chi connectivity index (χ3n) is 6.16. The van der Waals surface area contributed by atoms with Gasteiger partial charge in [-0.15, -0.1) is 0 Å². The third kappa shape index (κ3) is 5.78. The average Bonchev–Trinajstić information content (AvgIpc) is 3.25. The number of aryl methyl sites for hydroxylation is 4. The zero-order valence-corrected chi connectivity index (χ0v) is 22.4. The Balaban J connectivity index is 1.55. The van der Waals surface area contributed by atoms with Crippen molar-refractivity contribution in [2.24, 2.45) is 12.8 Å². The van der Waals surface area contributed by atoms with E-state index in [2.05, 4.69) is 20.6 Å². The Morgan fingerprint density at radius 3 is 2.45 bits per heavy atom. The molecule has 2 aromatic heterocycles. The molecule has 9 nitrogen and oxygen atoms in total. The van der Waals surface area contributed by atoms with Crippen LogP contribution in [0.15, 0.2) is 54.9 Å². The number of halogens is 1. The summed E-state index contributed by atoms with van der Waals surface area (Å²) in [5.41, 5.74) is 11.3. The van der Waals surface area contributed by atoms with Gasteiger partial charge in [-0.1, -0.05) is 43.6 Å². The fourth-order valence-electron chi connectivity index (χ4n) is 4.15. The minimum atomic E-state index is -0.580. The number of para-hydroxylation sites is 1. The SMILES string of the molecule is CCc1cccc(CC)c1NC(=O)Oc1cc(-c2nc(Nc3ccc(C(N)=O)cc3C)ncc2Cl)n(C)c1. The molecule has 0 unspecified atom stereocenters. The van der Waals surface area contributed by atoms with Gasteiger partial charge < -0.3 is 20.4 Å². The molecule has 0 aliphatic carbocycles. The van der Waals surface area contributed by atoms with E-state index >= 15 is 0 Å². The molecule has 2 heterocycles. The van der Waals surface area contributed by atoms with Gasteiger partial charge in [0.15, 0.2) is 5.75 Å². The van der Waals surface area contributed by atoms with Crippen LogP contribution in [0.2, 0.25) is 5.02 Å². The topological polar surface area (TPSA) is 124 Å². The van der Waals surface area contributed by atoms with Crippen LogP contribution < -0.4 is 21.1 Å². The van der Waals surface area contributed by atoms with E-state index in [1.54, 1.807) is 42.1 Å². The van der Waals surface area contributed by atoms with Crippen LogP contribution in [-0.4, -0.2) is 26.5 Å². The van der Waals surface area contributed by atoms with Crippen LogP contribution in [0.4, 0.5) is 22.1 Å². The van der Waals surface area contributed by atoms with Crippen molar-refractivity contribution in [3.8, 4) is 17.1 Å². The largest absolute Gasteiger partial charge is 0.417 e. The van der Waals surface area contributed by atoms with E-state index in [0.29, 0.717) is 33.7 Å². The number of hydrogen-bond acceptors (Lipinski definition) is 6. The summed E-state index contributed by atoms with van der Waals surface area (Å²) in [7, 11) is 1.81. The molecular formula is C28H29ClN6O3. The Kier molecular flexibility index (Phi) is 7.97. The number of nitrogens with zero attached hydrogens (tertiary/aromatic N) is 3. The summed E-state index contributed by atoms with van der Waals surface area (Å²) < 4.78 is 7.37. The summed E-state index contributed by atoms with van der Waals surface area (Å²) >= 11 is 6.44. The van der Waals surface area contributed by atoms with Gasteiger partial charge in [0.2, 0.25) is 11.9 Å². The third-order valence-corrected chi connectivity index (χ3v) is 6.44. The standard InChI is InChI=1S/C28H29ClN6O3/c1-5-17-8-7-9-18(6-2)24(17)34-28(37)38-20-13-23(35(4)15-20)25-21(29)14-31-27(33-25)32-22-11-10-19(26(30)36)12-16(22)3/h7-15H,5-6H2,1-4H3,(H2,30,36)(H,34,37)(H,31,32,33).